The lowest BCUT2D eigenvalue weighted by Gasteiger charge is -2.24. The summed E-state index contributed by atoms with van der Waals surface area (Å²) in [5, 5.41) is 25.6. The molecule has 0 radical (unpaired) electrons. The van der Waals surface area contributed by atoms with E-state index in [0.717, 1.165) is 0 Å². The van der Waals surface area contributed by atoms with Crippen LogP contribution in [0.1, 0.15) is 31.2 Å². The highest BCUT2D eigenvalue weighted by Crippen LogP contribution is 2.12. The number of hydrogen-bond acceptors (Lipinski definition) is 8. The number of carboxylic acids is 1. The van der Waals surface area contributed by atoms with Crippen LogP contribution in [0.5, 0.6) is 5.75 Å². The van der Waals surface area contributed by atoms with Gasteiger partial charge in [-0.3, -0.25) is 29.0 Å². The van der Waals surface area contributed by atoms with Gasteiger partial charge in [0, 0.05) is 19.4 Å². The number of guanidine groups is 1. The predicted molar refractivity (Wildman–Crippen MR) is 133 cm³/mol. The standard InChI is InChI=1S/C22H34N8O7/c23-14(7-8-17(24)32)19(35)29-15(2-1-9-27-22(25)26)21(37)30-16(20(36)28-11-18(33)34)10-12-3-5-13(31)6-4-12/h3-6,14-16,31H,1-2,7-11,23H2,(H2,24,32)(H,28,36)(H,29,35)(H,30,37)(H,33,34)(H4,25,26,27). The lowest BCUT2D eigenvalue weighted by Crippen LogP contribution is -2.56. The molecule has 0 fully saturated rings. The minimum absolute atomic E-state index is 0.00381. The molecule has 0 heterocycles. The Morgan fingerprint density at radius 3 is 2.08 bits per heavy atom. The molecule has 4 amide bonds. The first kappa shape index (κ1) is 30.6. The maximum atomic E-state index is 13.1. The van der Waals surface area contributed by atoms with Crippen molar-refractivity contribution in [2.75, 3.05) is 13.1 Å². The predicted octanol–water partition coefficient (Wildman–Crippen LogP) is -3.25. The lowest BCUT2D eigenvalue weighted by atomic mass is 10.0. The summed E-state index contributed by atoms with van der Waals surface area (Å²) in [4.78, 5) is 64.0. The smallest absolute Gasteiger partial charge is 0.322 e. The van der Waals surface area contributed by atoms with Crippen LogP contribution in [0.2, 0.25) is 0 Å². The van der Waals surface area contributed by atoms with Crippen molar-refractivity contribution in [3.8, 4) is 5.75 Å². The summed E-state index contributed by atoms with van der Waals surface area (Å²) >= 11 is 0. The Hall–Kier alpha value is -4.40. The van der Waals surface area contributed by atoms with Gasteiger partial charge in [0.1, 0.15) is 24.4 Å². The summed E-state index contributed by atoms with van der Waals surface area (Å²) in [6, 6.07) is 2.36. The number of nitrogens with two attached hydrogens (primary N) is 4. The molecule has 204 valence electrons. The first-order valence-corrected chi connectivity index (χ1v) is 11.4. The van der Waals surface area contributed by atoms with Crippen LogP contribution < -0.4 is 38.9 Å². The summed E-state index contributed by atoms with van der Waals surface area (Å²) in [7, 11) is 0. The Balaban J connectivity index is 3.04. The van der Waals surface area contributed by atoms with Crippen LogP contribution >= 0.6 is 0 Å². The Morgan fingerprint density at radius 2 is 1.51 bits per heavy atom. The Morgan fingerprint density at radius 1 is 0.892 bits per heavy atom. The Bertz CT molecular complexity index is 980. The monoisotopic (exact) mass is 522 g/mol. The van der Waals surface area contributed by atoms with Crippen LogP contribution in [0, 0.1) is 0 Å². The number of nitrogens with zero attached hydrogens (tertiary/aromatic N) is 1. The van der Waals surface area contributed by atoms with Gasteiger partial charge in [0.2, 0.25) is 23.6 Å². The second-order valence-corrected chi connectivity index (χ2v) is 8.16. The number of aliphatic imine (C=N–C) groups is 1. The topological polar surface area (TPSA) is 278 Å². The van der Waals surface area contributed by atoms with Crippen molar-refractivity contribution >= 4 is 35.6 Å². The van der Waals surface area contributed by atoms with Gasteiger partial charge >= 0.3 is 5.97 Å². The first-order valence-electron chi connectivity index (χ1n) is 11.4. The van der Waals surface area contributed by atoms with Gasteiger partial charge in [-0.2, -0.15) is 0 Å². The van der Waals surface area contributed by atoms with E-state index in [1.165, 1.54) is 24.3 Å². The summed E-state index contributed by atoms with van der Waals surface area (Å²) in [5.41, 5.74) is 22.0. The van der Waals surface area contributed by atoms with Gasteiger partial charge in [-0.05, 0) is 37.0 Å². The Kier molecular flexibility index (Phi) is 12.9. The molecule has 0 aromatic heterocycles. The molecule has 0 saturated carbocycles. The molecule has 1 aromatic carbocycles. The SMILES string of the molecule is NC(=O)CCC(N)C(=O)NC(CCCN=C(N)N)C(=O)NC(Cc1ccc(O)cc1)C(=O)NCC(=O)O. The zero-order valence-electron chi connectivity index (χ0n) is 20.2. The van der Waals surface area contributed by atoms with Gasteiger partial charge in [-0.1, -0.05) is 12.1 Å². The van der Waals surface area contributed by atoms with E-state index in [-0.39, 0.29) is 50.4 Å². The van der Waals surface area contributed by atoms with E-state index >= 15 is 0 Å². The number of primary amides is 1. The molecule has 0 aliphatic heterocycles. The number of benzene rings is 1. The molecule has 0 spiro atoms. The number of nitrogens with one attached hydrogen (secondary N) is 3. The molecule has 3 unspecified atom stereocenters. The first-order chi connectivity index (χ1) is 17.4. The Labute approximate surface area is 213 Å². The third-order valence-electron chi connectivity index (χ3n) is 5.04. The van der Waals surface area contributed by atoms with Crippen LogP contribution in [-0.4, -0.2) is 77.0 Å². The third-order valence-corrected chi connectivity index (χ3v) is 5.04. The van der Waals surface area contributed by atoms with Gasteiger partial charge < -0.3 is 49.1 Å². The fourth-order valence-corrected chi connectivity index (χ4v) is 3.12. The molecule has 0 aliphatic rings. The van der Waals surface area contributed by atoms with Crippen molar-refractivity contribution in [1.82, 2.24) is 16.0 Å². The van der Waals surface area contributed by atoms with Crippen molar-refractivity contribution in [3.05, 3.63) is 29.8 Å². The maximum absolute atomic E-state index is 13.1. The number of amides is 4. The number of phenols is 1. The molecule has 0 bridgehead atoms. The minimum atomic E-state index is -1.28. The van der Waals surface area contributed by atoms with Crippen LogP contribution in [0.25, 0.3) is 0 Å². The van der Waals surface area contributed by atoms with E-state index in [0.29, 0.717) is 5.56 Å². The number of carbonyl (C=O) groups is 5. The van der Waals surface area contributed by atoms with E-state index in [2.05, 4.69) is 20.9 Å². The highest BCUT2D eigenvalue weighted by molar-refractivity contribution is 5.94. The number of rotatable bonds is 16. The molecule has 15 heteroatoms. The quantitative estimate of drug-likeness (QED) is 0.0593. The molecule has 1 aromatic rings. The van der Waals surface area contributed by atoms with Crippen molar-refractivity contribution in [1.29, 1.82) is 0 Å². The molecular weight excluding hydrogens is 488 g/mol. The largest absolute Gasteiger partial charge is 0.508 e. The van der Waals surface area contributed by atoms with Crippen LogP contribution in [0.15, 0.2) is 29.3 Å². The molecule has 1 rings (SSSR count). The third kappa shape index (κ3) is 12.7. The van der Waals surface area contributed by atoms with Crippen LogP contribution in [-0.2, 0) is 30.4 Å². The van der Waals surface area contributed by atoms with Crippen LogP contribution in [0.3, 0.4) is 0 Å². The second kappa shape index (κ2) is 15.6. The van der Waals surface area contributed by atoms with Crippen molar-refractivity contribution in [2.24, 2.45) is 27.9 Å². The number of carbonyl (C=O) groups excluding carboxylic acids is 4. The van der Waals surface area contributed by atoms with E-state index in [9.17, 15) is 29.1 Å². The van der Waals surface area contributed by atoms with E-state index in [1.807, 2.05) is 0 Å². The zero-order chi connectivity index (χ0) is 28.0. The van der Waals surface area contributed by atoms with E-state index < -0.39 is 54.3 Å². The highest BCUT2D eigenvalue weighted by atomic mass is 16.4. The number of hydrogen-bond donors (Lipinski definition) is 9. The second-order valence-electron chi connectivity index (χ2n) is 8.16. The van der Waals surface area contributed by atoms with Crippen molar-refractivity contribution in [3.63, 3.8) is 0 Å². The molecular formula is C22H34N8O7. The highest BCUT2D eigenvalue weighted by Gasteiger charge is 2.28. The number of carboxylic acid groups (broad SMARTS) is 1. The summed E-state index contributed by atoms with van der Waals surface area (Å²) in [6.45, 7) is -0.514. The molecule has 37 heavy (non-hydrogen) atoms. The van der Waals surface area contributed by atoms with Gasteiger partial charge in [0.15, 0.2) is 5.96 Å². The molecule has 0 aliphatic carbocycles. The molecule has 13 N–H and O–H groups in total. The van der Waals surface area contributed by atoms with Gasteiger partial charge in [-0.15, -0.1) is 0 Å². The molecule has 15 nitrogen and oxygen atoms in total. The maximum Gasteiger partial charge on any atom is 0.322 e. The summed E-state index contributed by atoms with van der Waals surface area (Å²) in [6.07, 6.45) is 0.142. The number of aromatic hydroxyl groups is 1. The van der Waals surface area contributed by atoms with Crippen molar-refractivity contribution in [2.45, 2.75) is 50.2 Å². The van der Waals surface area contributed by atoms with Crippen LogP contribution in [0.4, 0.5) is 0 Å². The minimum Gasteiger partial charge on any atom is -0.508 e. The average molecular weight is 523 g/mol. The normalized spacial score (nSPS) is 12.9. The number of aliphatic carboxylic acids is 1. The summed E-state index contributed by atoms with van der Waals surface area (Å²) in [5.74, 6) is -4.30. The van der Waals surface area contributed by atoms with Gasteiger partial charge in [-0.25, -0.2) is 0 Å². The fourth-order valence-electron chi connectivity index (χ4n) is 3.12. The van der Waals surface area contributed by atoms with Crippen molar-refractivity contribution < 1.29 is 34.2 Å². The molecule has 3 atom stereocenters. The van der Waals surface area contributed by atoms with Gasteiger partial charge in [0.05, 0.1) is 6.04 Å². The fraction of sp³-hybridized carbons (Fsp3) is 0.455. The zero-order valence-corrected chi connectivity index (χ0v) is 20.2. The summed E-state index contributed by atoms with van der Waals surface area (Å²) < 4.78 is 0. The molecule has 0 saturated heterocycles. The van der Waals surface area contributed by atoms with Gasteiger partial charge in [0.25, 0.3) is 0 Å². The van der Waals surface area contributed by atoms with E-state index in [1.54, 1.807) is 0 Å². The number of phenolic OH excluding ortho intramolecular Hbond substituents is 1. The van der Waals surface area contributed by atoms with E-state index in [4.69, 9.17) is 28.0 Å². The average Bonchev–Trinajstić information content (AvgIpc) is 2.83. The lowest BCUT2D eigenvalue weighted by molar-refractivity contribution is -0.138.